The van der Waals surface area contributed by atoms with Crippen LogP contribution in [0.25, 0.3) is 0 Å². The van der Waals surface area contributed by atoms with Crippen LogP contribution in [0.15, 0.2) is 36.4 Å². The van der Waals surface area contributed by atoms with Crippen LogP contribution >= 0.6 is 0 Å². The number of benzene rings is 1. The van der Waals surface area contributed by atoms with Gasteiger partial charge in [-0.25, -0.2) is 0 Å². The second kappa shape index (κ2) is 8.17. The topological polar surface area (TPSA) is 86.7 Å². The SMILES string of the molecule is O=C(CC1C=CCC1)Nc1ccc(C(=O)N2CCC(C(=O)O)CC2)cc1. The van der Waals surface area contributed by atoms with Crippen LogP contribution in [-0.2, 0) is 9.59 Å². The summed E-state index contributed by atoms with van der Waals surface area (Å²) in [6, 6.07) is 6.88. The van der Waals surface area contributed by atoms with Crippen LogP contribution in [0.3, 0.4) is 0 Å². The molecule has 0 saturated carbocycles. The molecule has 0 spiro atoms. The predicted molar refractivity (Wildman–Crippen MR) is 97.8 cm³/mol. The molecule has 2 amide bonds. The van der Waals surface area contributed by atoms with E-state index in [2.05, 4.69) is 17.5 Å². The summed E-state index contributed by atoms with van der Waals surface area (Å²) in [7, 11) is 0. The average Bonchev–Trinajstić information content (AvgIpc) is 3.14. The fourth-order valence-corrected chi connectivity index (χ4v) is 3.52. The maximum Gasteiger partial charge on any atom is 0.306 e. The smallest absolute Gasteiger partial charge is 0.306 e. The van der Waals surface area contributed by atoms with Gasteiger partial charge in [-0.15, -0.1) is 0 Å². The quantitative estimate of drug-likeness (QED) is 0.794. The number of piperidine rings is 1. The predicted octanol–water partition coefficient (Wildman–Crippen LogP) is 2.92. The molecule has 1 saturated heterocycles. The van der Waals surface area contributed by atoms with Crippen molar-refractivity contribution >= 4 is 23.5 Å². The lowest BCUT2D eigenvalue weighted by molar-refractivity contribution is -0.143. The second-order valence-electron chi connectivity index (χ2n) is 7.00. The van der Waals surface area contributed by atoms with Crippen LogP contribution in [0.2, 0.25) is 0 Å². The number of aliphatic carboxylic acids is 1. The van der Waals surface area contributed by atoms with Crippen molar-refractivity contribution in [3.63, 3.8) is 0 Å². The number of hydrogen-bond acceptors (Lipinski definition) is 3. The van der Waals surface area contributed by atoms with Gasteiger partial charge in [0.2, 0.25) is 5.91 Å². The van der Waals surface area contributed by atoms with Gasteiger partial charge in [0.15, 0.2) is 0 Å². The summed E-state index contributed by atoms with van der Waals surface area (Å²) in [5.74, 6) is -0.930. The number of anilines is 1. The molecule has 1 fully saturated rings. The minimum absolute atomic E-state index is 0.0173. The lowest BCUT2D eigenvalue weighted by Crippen LogP contribution is -2.40. The average molecular weight is 356 g/mol. The van der Waals surface area contributed by atoms with E-state index in [9.17, 15) is 14.4 Å². The van der Waals surface area contributed by atoms with Gasteiger partial charge in [-0.05, 0) is 55.9 Å². The molecule has 2 N–H and O–H groups in total. The van der Waals surface area contributed by atoms with Crippen LogP contribution in [0.4, 0.5) is 5.69 Å². The Kier molecular flexibility index (Phi) is 5.71. The highest BCUT2D eigenvalue weighted by atomic mass is 16.4. The lowest BCUT2D eigenvalue weighted by atomic mass is 9.96. The number of nitrogens with one attached hydrogen (secondary N) is 1. The first-order valence-electron chi connectivity index (χ1n) is 9.11. The highest BCUT2D eigenvalue weighted by Crippen LogP contribution is 2.22. The molecule has 1 heterocycles. The molecule has 0 radical (unpaired) electrons. The number of carbonyl (C=O) groups is 3. The van der Waals surface area contributed by atoms with Crippen molar-refractivity contribution in [2.75, 3.05) is 18.4 Å². The molecule has 1 aliphatic carbocycles. The Balaban J connectivity index is 1.52. The van der Waals surface area contributed by atoms with Crippen LogP contribution in [0, 0.1) is 11.8 Å². The van der Waals surface area contributed by atoms with E-state index in [1.165, 1.54) is 0 Å². The number of carbonyl (C=O) groups excluding carboxylic acids is 2. The molecule has 0 bridgehead atoms. The van der Waals surface area contributed by atoms with Gasteiger partial charge in [-0.3, -0.25) is 14.4 Å². The molecule has 1 atom stereocenters. The molecule has 3 rings (SSSR count). The molecule has 0 aromatic heterocycles. The van der Waals surface area contributed by atoms with E-state index in [4.69, 9.17) is 5.11 Å². The number of hydrogen-bond donors (Lipinski definition) is 2. The molecule has 1 aliphatic heterocycles. The van der Waals surface area contributed by atoms with E-state index in [0.29, 0.717) is 49.5 Å². The van der Waals surface area contributed by atoms with Gasteiger partial charge in [0.05, 0.1) is 5.92 Å². The monoisotopic (exact) mass is 356 g/mol. The highest BCUT2D eigenvalue weighted by molar-refractivity contribution is 5.96. The zero-order chi connectivity index (χ0) is 18.5. The normalized spacial score (nSPS) is 20.2. The van der Waals surface area contributed by atoms with E-state index in [1.54, 1.807) is 29.2 Å². The van der Waals surface area contributed by atoms with Crippen LogP contribution < -0.4 is 5.32 Å². The third-order valence-electron chi connectivity index (χ3n) is 5.11. The Morgan fingerprint density at radius 3 is 2.35 bits per heavy atom. The van der Waals surface area contributed by atoms with E-state index >= 15 is 0 Å². The van der Waals surface area contributed by atoms with E-state index in [1.807, 2.05) is 0 Å². The molecular weight excluding hydrogens is 332 g/mol. The summed E-state index contributed by atoms with van der Waals surface area (Å²) < 4.78 is 0. The number of carboxylic acid groups (broad SMARTS) is 1. The second-order valence-corrected chi connectivity index (χ2v) is 7.00. The van der Waals surface area contributed by atoms with Gasteiger partial charge in [-0.1, -0.05) is 12.2 Å². The lowest BCUT2D eigenvalue weighted by Gasteiger charge is -2.30. The van der Waals surface area contributed by atoms with Gasteiger partial charge >= 0.3 is 5.97 Å². The first-order chi connectivity index (χ1) is 12.5. The Morgan fingerprint density at radius 2 is 1.77 bits per heavy atom. The van der Waals surface area contributed by atoms with Gasteiger partial charge in [0, 0.05) is 30.8 Å². The number of nitrogens with zero attached hydrogens (tertiary/aromatic N) is 1. The molecule has 6 nitrogen and oxygen atoms in total. The molecule has 6 heteroatoms. The summed E-state index contributed by atoms with van der Waals surface area (Å²) in [5.41, 5.74) is 1.23. The summed E-state index contributed by atoms with van der Waals surface area (Å²) in [6.45, 7) is 0.923. The van der Waals surface area contributed by atoms with Crippen LogP contribution in [-0.4, -0.2) is 40.9 Å². The molecule has 1 unspecified atom stereocenters. The third-order valence-corrected chi connectivity index (χ3v) is 5.11. The number of amides is 2. The van der Waals surface area contributed by atoms with Crippen LogP contribution in [0.1, 0.15) is 42.5 Å². The van der Waals surface area contributed by atoms with E-state index in [-0.39, 0.29) is 17.7 Å². The molecule has 26 heavy (non-hydrogen) atoms. The fraction of sp³-hybridized carbons (Fsp3) is 0.450. The molecule has 1 aromatic carbocycles. The Morgan fingerprint density at radius 1 is 1.08 bits per heavy atom. The Labute approximate surface area is 152 Å². The van der Waals surface area contributed by atoms with E-state index in [0.717, 1.165) is 12.8 Å². The third kappa shape index (κ3) is 4.50. The summed E-state index contributed by atoms with van der Waals surface area (Å²) >= 11 is 0. The molecule has 1 aromatic rings. The Bertz CT molecular complexity index is 703. The van der Waals surface area contributed by atoms with Crippen molar-refractivity contribution in [1.82, 2.24) is 4.90 Å². The standard InChI is InChI=1S/C20H24N2O4/c23-18(13-14-3-1-2-4-14)21-17-7-5-15(6-8-17)19(24)22-11-9-16(10-12-22)20(25)26/h1,3,5-8,14,16H,2,4,9-13H2,(H,21,23)(H,25,26). The number of allylic oxidation sites excluding steroid dienone is 2. The summed E-state index contributed by atoms with van der Waals surface area (Å²) in [6.07, 6.45) is 7.73. The van der Waals surface area contributed by atoms with Gasteiger partial charge in [0.1, 0.15) is 0 Å². The van der Waals surface area contributed by atoms with Crippen molar-refractivity contribution in [3.05, 3.63) is 42.0 Å². The fourth-order valence-electron chi connectivity index (χ4n) is 3.52. The minimum atomic E-state index is -0.787. The van der Waals surface area contributed by atoms with Crippen molar-refractivity contribution in [2.45, 2.75) is 32.1 Å². The maximum atomic E-state index is 12.5. The van der Waals surface area contributed by atoms with E-state index < -0.39 is 5.97 Å². The minimum Gasteiger partial charge on any atom is -0.481 e. The first-order valence-corrected chi connectivity index (χ1v) is 9.11. The van der Waals surface area contributed by atoms with Gasteiger partial charge < -0.3 is 15.3 Å². The zero-order valence-electron chi connectivity index (χ0n) is 14.7. The maximum absolute atomic E-state index is 12.5. The van der Waals surface area contributed by atoms with Crippen molar-refractivity contribution in [2.24, 2.45) is 11.8 Å². The number of rotatable bonds is 5. The molecular formula is C20H24N2O4. The van der Waals surface area contributed by atoms with Crippen molar-refractivity contribution in [1.29, 1.82) is 0 Å². The largest absolute Gasteiger partial charge is 0.481 e. The van der Waals surface area contributed by atoms with Crippen molar-refractivity contribution in [3.8, 4) is 0 Å². The van der Waals surface area contributed by atoms with Gasteiger partial charge in [0.25, 0.3) is 5.91 Å². The van der Waals surface area contributed by atoms with Crippen LogP contribution in [0.5, 0.6) is 0 Å². The highest BCUT2D eigenvalue weighted by Gasteiger charge is 2.27. The molecule has 138 valence electrons. The van der Waals surface area contributed by atoms with Gasteiger partial charge in [-0.2, -0.15) is 0 Å². The number of likely N-dealkylation sites (tertiary alicyclic amines) is 1. The first kappa shape index (κ1) is 18.2. The van der Waals surface area contributed by atoms with Crippen molar-refractivity contribution < 1.29 is 19.5 Å². The zero-order valence-corrected chi connectivity index (χ0v) is 14.7. The number of carboxylic acids is 1. The molecule has 2 aliphatic rings. The summed E-state index contributed by atoms with van der Waals surface area (Å²) in [4.78, 5) is 37.3. The Hall–Kier alpha value is -2.63. The summed E-state index contributed by atoms with van der Waals surface area (Å²) in [5, 5.41) is 11.9.